The Hall–Kier alpha value is -1.45. The van der Waals surface area contributed by atoms with Gasteiger partial charge in [-0.25, -0.2) is 9.36 Å². The highest BCUT2D eigenvalue weighted by atomic mass is 31.2. The van der Waals surface area contributed by atoms with E-state index in [-0.39, 0.29) is 11.4 Å². The van der Waals surface area contributed by atoms with Crippen molar-refractivity contribution in [3.8, 4) is 5.75 Å². The zero-order chi connectivity index (χ0) is 10.6. The molecule has 74 valence electrons. The lowest BCUT2D eigenvalue weighted by atomic mass is 10.3. The van der Waals surface area contributed by atoms with E-state index in [0.29, 0.717) is 0 Å². The van der Waals surface area contributed by atoms with Gasteiger partial charge in [-0.2, -0.15) is 4.99 Å². The highest BCUT2D eigenvalue weighted by molar-refractivity contribution is 7.46. The summed E-state index contributed by atoms with van der Waals surface area (Å²) in [5.41, 5.74) is 0.0193. The van der Waals surface area contributed by atoms with E-state index in [1.807, 2.05) is 0 Å². The van der Waals surface area contributed by atoms with Crippen LogP contribution in [0.25, 0.3) is 0 Å². The van der Waals surface area contributed by atoms with Gasteiger partial charge in [-0.1, -0.05) is 12.1 Å². The average Bonchev–Trinajstić information content (AvgIpc) is 2.06. The van der Waals surface area contributed by atoms with Gasteiger partial charge in [0.05, 0.1) is 0 Å². The van der Waals surface area contributed by atoms with Gasteiger partial charge in [0, 0.05) is 0 Å². The Balaban J connectivity index is 3.07. The van der Waals surface area contributed by atoms with Crippen LogP contribution in [0.3, 0.4) is 0 Å². The summed E-state index contributed by atoms with van der Waals surface area (Å²) in [6.07, 6.45) is 1.25. The predicted octanol–water partition coefficient (Wildman–Crippen LogP) is 1.13. The van der Waals surface area contributed by atoms with Crippen molar-refractivity contribution in [1.29, 1.82) is 0 Å². The average molecular weight is 215 g/mol. The molecule has 0 heterocycles. The van der Waals surface area contributed by atoms with Crippen LogP contribution in [0.4, 0.5) is 5.69 Å². The van der Waals surface area contributed by atoms with E-state index in [2.05, 4.69) is 9.52 Å². The van der Waals surface area contributed by atoms with E-state index in [1.54, 1.807) is 6.07 Å². The summed E-state index contributed by atoms with van der Waals surface area (Å²) >= 11 is 0. The molecule has 0 amide bonds. The molecule has 14 heavy (non-hydrogen) atoms. The molecule has 2 N–H and O–H groups in total. The standard InChI is InChI=1S/C7H6NO5P/c9-5-8-6-3-1-2-4-7(6)13-14(10,11)12/h1-4H,(H2,10,11,12). The molecule has 0 saturated heterocycles. The SMILES string of the molecule is O=C=Nc1ccccc1OP(=O)(O)O. The van der Waals surface area contributed by atoms with Crippen LogP contribution in [0.2, 0.25) is 0 Å². The van der Waals surface area contributed by atoms with Crippen LogP contribution in [0, 0.1) is 0 Å². The summed E-state index contributed by atoms with van der Waals surface area (Å²) in [5.74, 6) is -0.163. The highest BCUT2D eigenvalue weighted by Crippen LogP contribution is 2.41. The van der Waals surface area contributed by atoms with Gasteiger partial charge in [0.15, 0.2) is 5.75 Å². The van der Waals surface area contributed by atoms with Gasteiger partial charge in [0.25, 0.3) is 0 Å². The van der Waals surface area contributed by atoms with Gasteiger partial charge in [-0.3, -0.25) is 9.79 Å². The van der Waals surface area contributed by atoms with Gasteiger partial charge >= 0.3 is 7.82 Å². The Kier molecular flexibility index (Phi) is 3.17. The summed E-state index contributed by atoms with van der Waals surface area (Å²) in [6, 6.07) is 5.70. The fourth-order valence-electron chi connectivity index (χ4n) is 0.804. The van der Waals surface area contributed by atoms with Crippen molar-refractivity contribution in [2.75, 3.05) is 0 Å². The van der Waals surface area contributed by atoms with Crippen LogP contribution in [-0.4, -0.2) is 15.9 Å². The number of hydrogen-bond acceptors (Lipinski definition) is 4. The second-order valence-corrected chi connectivity index (χ2v) is 3.42. The van der Waals surface area contributed by atoms with Crippen LogP contribution in [-0.2, 0) is 9.36 Å². The van der Waals surface area contributed by atoms with E-state index in [0.717, 1.165) is 0 Å². The Morgan fingerprint density at radius 3 is 2.57 bits per heavy atom. The zero-order valence-electron chi connectivity index (χ0n) is 6.82. The summed E-state index contributed by atoms with van der Waals surface area (Å²) in [7, 11) is -4.63. The first-order chi connectivity index (χ1) is 6.53. The van der Waals surface area contributed by atoms with Crippen LogP contribution in [0.5, 0.6) is 5.75 Å². The molecule has 0 aliphatic heterocycles. The number of aliphatic imine (C=N–C) groups is 1. The van der Waals surface area contributed by atoms with Crippen LogP contribution >= 0.6 is 7.82 Å². The molecule has 0 radical (unpaired) electrons. The molecule has 0 atom stereocenters. The predicted molar refractivity (Wildman–Crippen MR) is 46.9 cm³/mol. The molecular formula is C7H6NO5P. The number of benzene rings is 1. The molecule has 1 aromatic carbocycles. The maximum atomic E-state index is 10.5. The van der Waals surface area contributed by atoms with E-state index < -0.39 is 7.82 Å². The van der Waals surface area contributed by atoms with Crippen molar-refractivity contribution in [1.82, 2.24) is 0 Å². The Labute approximate surface area is 79.1 Å². The van der Waals surface area contributed by atoms with E-state index in [9.17, 15) is 9.36 Å². The largest absolute Gasteiger partial charge is 0.524 e. The lowest BCUT2D eigenvalue weighted by Gasteiger charge is -2.07. The number of carbonyl (C=O) groups excluding carboxylic acids is 1. The number of phosphoric acid groups is 1. The first-order valence-corrected chi connectivity index (χ1v) is 4.98. The third-order valence-corrected chi connectivity index (χ3v) is 1.68. The second-order valence-electron chi connectivity index (χ2n) is 2.25. The first-order valence-electron chi connectivity index (χ1n) is 3.45. The van der Waals surface area contributed by atoms with E-state index in [1.165, 1.54) is 24.3 Å². The molecule has 0 bridgehead atoms. The third-order valence-electron chi connectivity index (χ3n) is 1.25. The zero-order valence-corrected chi connectivity index (χ0v) is 7.72. The first kappa shape index (κ1) is 10.6. The van der Waals surface area contributed by atoms with Crippen molar-refractivity contribution in [2.45, 2.75) is 0 Å². The number of rotatable bonds is 3. The molecule has 0 unspecified atom stereocenters. The molecule has 1 rings (SSSR count). The normalized spacial score (nSPS) is 10.4. The Morgan fingerprint density at radius 2 is 2.00 bits per heavy atom. The van der Waals surface area contributed by atoms with Gasteiger partial charge in [0.2, 0.25) is 6.08 Å². The summed E-state index contributed by atoms with van der Waals surface area (Å²) in [4.78, 5) is 30.2. The summed E-state index contributed by atoms with van der Waals surface area (Å²) < 4.78 is 14.8. The molecule has 6 nitrogen and oxygen atoms in total. The quantitative estimate of drug-likeness (QED) is 0.447. The minimum absolute atomic E-state index is 0.0193. The Morgan fingerprint density at radius 1 is 1.36 bits per heavy atom. The molecule has 0 aromatic heterocycles. The van der Waals surface area contributed by atoms with Gasteiger partial charge in [0.1, 0.15) is 5.69 Å². The van der Waals surface area contributed by atoms with Gasteiger partial charge < -0.3 is 4.52 Å². The molecule has 0 spiro atoms. The lowest BCUT2D eigenvalue weighted by molar-refractivity contribution is 0.283. The molecule has 1 aromatic rings. The molecule has 0 fully saturated rings. The van der Waals surface area contributed by atoms with Crippen molar-refractivity contribution in [2.24, 2.45) is 4.99 Å². The Bertz CT molecular complexity index is 420. The van der Waals surface area contributed by atoms with E-state index in [4.69, 9.17) is 9.79 Å². The maximum absolute atomic E-state index is 10.5. The molecule has 0 aliphatic rings. The molecular weight excluding hydrogens is 209 g/mol. The van der Waals surface area contributed by atoms with Crippen molar-refractivity contribution >= 4 is 19.6 Å². The molecule has 7 heteroatoms. The van der Waals surface area contributed by atoms with Gasteiger partial charge in [-0.05, 0) is 12.1 Å². The monoisotopic (exact) mass is 215 g/mol. The number of isocyanates is 1. The lowest BCUT2D eigenvalue weighted by Crippen LogP contribution is -1.89. The fraction of sp³-hybridized carbons (Fsp3) is 0. The highest BCUT2D eigenvalue weighted by Gasteiger charge is 2.17. The molecule has 0 saturated carbocycles. The topological polar surface area (TPSA) is 96.2 Å². The van der Waals surface area contributed by atoms with Crippen LogP contribution in [0.15, 0.2) is 29.3 Å². The number of para-hydroxylation sites is 2. The van der Waals surface area contributed by atoms with Gasteiger partial charge in [-0.15, -0.1) is 0 Å². The molecule has 0 aliphatic carbocycles. The third kappa shape index (κ3) is 3.12. The van der Waals surface area contributed by atoms with Crippen LogP contribution in [0.1, 0.15) is 0 Å². The maximum Gasteiger partial charge on any atom is 0.524 e. The number of hydrogen-bond donors (Lipinski definition) is 2. The number of nitrogens with zero attached hydrogens (tertiary/aromatic N) is 1. The van der Waals surface area contributed by atoms with Crippen molar-refractivity contribution < 1.29 is 23.7 Å². The minimum Gasteiger partial charge on any atom is -0.402 e. The number of phosphoric ester groups is 1. The second kappa shape index (κ2) is 4.17. The summed E-state index contributed by atoms with van der Waals surface area (Å²) in [5, 5.41) is 0. The van der Waals surface area contributed by atoms with Crippen LogP contribution < -0.4 is 4.52 Å². The summed E-state index contributed by atoms with van der Waals surface area (Å²) in [6.45, 7) is 0. The van der Waals surface area contributed by atoms with Crippen molar-refractivity contribution in [3.63, 3.8) is 0 Å². The van der Waals surface area contributed by atoms with E-state index >= 15 is 0 Å². The van der Waals surface area contributed by atoms with Crippen molar-refractivity contribution in [3.05, 3.63) is 24.3 Å². The fourth-order valence-corrected chi connectivity index (χ4v) is 1.21. The minimum atomic E-state index is -4.63. The smallest absolute Gasteiger partial charge is 0.402 e.